The normalized spacial score (nSPS) is 24.9. The van der Waals surface area contributed by atoms with Gasteiger partial charge in [-0.05, 0) is 32.1 Å². The van der Waals surface area contributed by atoms with Crippen LogP contribution >= 0.6 is 0 Å². The van der Waals surface area contributed by atoms with Gasteiger partial charge in [-0.3, -0.25) is 0 Å². The first kappa shape index (κ1) is 17.3. The highest BCUT2D eigenvalue weighted by atomic mass is 16.5. The molecule has 0 unspecified atom stereocenters. The van der Waals surface area contributed by atoms with Crippen LogP contribution < -0.4 is 0 Å². The van der Waals surface area contributed by atoms with Gasteiger partial charge in [0.15, 0.2) is 0 Å². The van der Waals surface area contributed by atoms with E-state index in [1.807, 2.05) is 19.9 Å². The molecule has 0 aromatic heterocycles. The molecule has 1 aliphatic rings. The molecule has 0 radical (unpaired) electrons. The summed E-state index contributed by atoms with van der Waals surface area (Å²) in [5.41, 5.74) is 1.31. The molecule has 0 saturated carbocycles. The fourth-order valence-corrected chi connectivity index (χ4v) is 2.75. The standard InChI is InChI=1S/C17H24O4/c1-13(2)17(7-4-9-18)8-6-14(3)15(12-17)16(20)21-11-5-10-19/h9-10,12,14H,1,4-8,11H2,2-3H3/t14-,17-/m1/s1. The number of allylic oxidation sites excluding steroid dienone is 2. The first-order valence-electron chi connectivity index (χ1n) is 7.40. The summed E-state index contributed by atoms with van der Waals surface area (Å²) in [6.45, 7) is 8.08. The lowest BCUT2D eigenvalue weighted by Crippen LogP contribution is -2.29. The topological polar surface area (TPSA) is 60.4 Å². The Bertz CT molecular complexity index is 450. The van der Waals surface area contributed by atoms with Crippen LogP contribution in [0, 0.1) is 11.3 Å². The summed E-state index contributed by atoms with van der Waals surface area (Å²) in [6, 6.07) is 0. The molecule has 4 heteroatoms. The van der Waals surface area contributed by atoms with Crippen molar-refractivity contribution in [3.8, 4) is 0 Å². The fraction of sp³-hybridized carbons (Fsp3) is 0.588. The van der Waals surface area contributed by atoms with Gasteiger partial charge < -0.3 is 14.3 Å². The van der Waals surface area contributed by atoms with E-state index >= 15 is 0 Å². The lowest BCUT2D eigenvalue weighted by Gasteiger charge is -2.37. The number of hydrogen-bond acceptors (Lipinski definition) is 4. The fourth-order valence-electron chi connectivity index (χ4n) is 2.75. The molecule has 2 atom stereocenters. The zero-order chi connectivity index (χ0) is 15.9. The summed E-state index contributed by atoms with van der Waals surface area (Å²) in [4.78, 5) is 33.1. The van der Waals surface area contributed by atoms with E-state index in [1.54, 1.807) is 0 Å². The van der Waals surface area contributed by atoms with Crippen molar-refractivity contribution in [2.45, 2.75) is 46.0 Å². The summed E-state index contributed by atoms with van der Waals surface area (Å²) in [5, 5.41) is 0. The van der Waals surface area contributed by atoms with Gasteiger partial charge >= 0.3 is 5.97 Å². The summed E-state index contributed by atoms with van der Waals surface area (Å²) >= 11 is 0. The van der Waals surface area contributed by atoms with Crippen LogP contribution in [-0.2, 0) is 19.1 Å². The highest BCUT2D eigenvalue weighted by Crippen LogP contribution is 2.45. The SMILES string of the molecule is C=C(C)[C@@]1(CCC=O)C=C(C(=O)OCCC=O)[C@H](C)CC1. The molecule has 1 aliphatic carbocycles. The number of esters is 1. The third kappa shape index (κ3) is 4.38. The smallest absolute Gasteiger partial charge is 0.333 e. The molecular weight excluding hydrogens is 268 g/mol. The molecule has 0 heterocycles. The quantitative estimate of drug-likeness (QED) is 0.298. The Balaban J connectivity index is 2.96. The van der Waals surface area contributed by atoms with E-state index in [1.165, 1.54) is 0 Å². The monoisotopic (exact) mass is 292 g/mol. The van der Waals surface area contributed by atoms with E-state index in [4.69, 9.17) is 4.74 Å². The first-order chi connectivity index (χ1) is 9.96. The van der Waals surface area contributed by atoms with Gasteiger partial charge in [0.1, 0.15) is 12.6 Å². The Kier molecular flexibility index (Phi) is 6.53. The number of carbonyl (C=O) groups is 3. The van der Waals surface area contributed by atoms with Crippen LogP contribution in [0.15, 0.2) is 23.8 Å². The van der Waals surface area contributed by atoms with E-state index < -0.39 is 0 Å². The lowest BCUT2D eigenvalue weighted by molar-refractivity contribution is -0.140. The average Bonchev–Trinajstić information content (AvgIpc) is 2.46. The van der Waals surface area contributed by atoms with Crippen LogP contribution in [-0.4, -0.2) is 25.1 Å². The Hall–Kier alpha value is -1.71. The average molecular weight is 292 g/mol. The van der Waals surface area contributed by atoms with E-state index in [0.717, 1.165) is 31.0 Å². The first-order valence-corrected chi connectivity index (χ1v) is 7.40. The maximum absolute atomic E-state index is 12.2. The Morgan fingerprint density at radius 2 is 2.10 bits per heavy atom. The van der Waals surface area contributed by atoms with Gasteiger partial charge in [0, 0.05) is 23.8 Å². The van der Waals surface area contributed by atoms with Crippen LogP contribution in [0.3, 0.4) is 0 Å². The maximum atomic E-state index is 12.2. The van der Waals surface area contributed by atoms with Crippen molar-refractivity contribution in [2.24, 2.45) is 11.3 Å². The zero-order valence-electron chi connectivity index (χ0n) is 12.9. The predicted octanol–water partition coefficient (Wildman–Crippen LogP) is 3.02. The molecule has 1 rings (SSSR count). The highest BCUT2D eigenvalue weighted by molar-refractivity contribution is 5.89. The molecule has 4 nitrogen and oxygen atoms in total. The maximum Gasteiger partial charge on any atom is 0.333 e. The molecule has 116 valence electrons. The second-order valence-corrected chi connectivity index (χ2v) is 5.77. The Morgan fingerprint density at radius 1 is 1.43 bits per heavy atom. The van der Waals surface area contributed by atoms with Gasteiger partial charge in [0.05, 0.1) is 6.61 Å². The molecule has 0 bridgehead atoms. The third-order valence-corrected chi connectivity index (χ3v) is 4.25. The minimum Gasteiger partial charge on any atom is -0.462 e. The van der Waals surface area contributed by atoms with Crippen LogP contribution in [0.2, 0.25) is 0 Å². The minimum absolute atomic E-state index is 0.112. The molecule has 0 spiro atoms. The van der Waals surface area contributed by atoms with E-state index in [-0.39, 0.29) is 30.3 Å². The van der Waals surface area contributed by atoms with Crippen LogP contribution in [0.1, 0.15) is 46.0 Å². The van der Waals surface area contributed by atoms with Crippen molar-refractivity contribution < 1.29 is 19.1 Å². The van der Waals surface area contributed by atoms with Gasteiger partial charge in [-0.1, -0.05) is 25.2 Å². The number of aldehydes is 2. The lowest BCUT2D eigenvalue weighted by atomic mass is 9.67. The number of ether oxygens (including phenoxy) is 1. The predicted molar refractivity (Wildman–Crippen MR) is 80.7 cm³/mol. The molecular formula is C17H24O4. The molecule has 0 aromatic rings. The van der Waals surface area contributed by atoms with E-state index in [9.17, 15) is 14.4 Å². The van der Waals surface area contributed by atoms with Gasteiger partial charge in [-0.25, -0.2) is 4.79 Å². The number of carbonyl (C=O) groups excluding carboxylic acids is 3. The van der Waals surface area contributed by atoms with E-state index in [0.29, 0.717) is 18.4 Å². The van der Waals surface area contributed by atoms with Crippen LogP contribution in [0.5, 0.6) is 0 Å². The molecule has 0 fully saturated rings. The Labute approximate surface area is 126 Å². The minimum atomic E-state index is -0.360. The van der Waals surface area contributed by atoms with Gasteiger partial charge in [0.2, 0.25) is 0 Å². The molecule has 0 saturated heterocycles. The molecule has 0 aliphatic heterocycles. The summed E-state index contributed by atoms with van der Waals surface area (Å²) < 4.78 is 5.13. The number of rotatable bonds is 8. The van der Waals surface area contributed by atoms with Crippen molar-refractivity contribution >= 4 is 18.5 Å². The summed E-state index contributed by atoms with van der Waals surface area (Å²) in [7, 11) is 0. The van der Waals surface area contributed by atoms with E-state index in [2.05, 4.69) is 6.58 Å². The second-order valence-electron chi connectivity index (χ2n) is 5.77. The highest BCUT2D eigenvalue weighted by Gasteiger charge is 2.36. The molecule has 0 amide bonds. The molecule has 0 N–H and O–H groups in total. The Morgan fingerprint density at radius 3 is 2.67 bits per heavy atom. The van der Waals surface area contributed by atoms with Gasteiger partial charge in [0.25, 0.3) is 0 Å². The number of hydrogen-bond donors (Lipinski definition) is 0. The van der Waals surface area contributed by atoms with Crippen LogP contribution in [0.4, 0.5) is 0 Å². The molecule has 21 heavy (non-hydrogen) atoms. The van der Waals surface area contributed by atoms with Gasteiger partial charge in [-0.2, -0.15) is 0 Å². The zero-order valence-corrected chi connectivity index (χ0v) is 12.9. The second kappa shape index (κ2) is 7.91. The van der Waals surface area contributed by atoms with Crippen molar-refractivity contribution in [2.75, 3.05) is 6.61 Å². The van der Waals surface area contributed by atoms with Gasteiger partial charge in [-0.15, -0.1) is 0 Å². The third-order valence-electron chi connectivity index (χ3n) is 4.25. The van der Waals surface area contributed by atoms with Crippen molar-refractivity contribution in [1.82, 2.24) is 0 Å². The van der Waals surface area contributed by atoms with Crippen molar-refractivity contribution in [3.63, 3.8) is 0 Å². The molecule has 0 aromatic carbocycles. The largest absolute Gasteiger partial charge is 0.462 e. The van der Waals surface area contributed by atoms with Crippen LogP contribution in [0.25, 0.3) is 0 Å². The summed E-state index contributed by atoms with van der Waals surface area (Å²) in [5.74, 6) is -0.238. The summed E-state index contributed by atoms with van der Waals surface area (Å²) in [6.07, 6.45) is 6.66. The van der Waals surface area contributed by atoms with Crippen molar-refractivity contribution in [3.05, 3.63) is 23.8 Å². The van der Waals surface area contributed by atoms with Crippen molar-refractivity contribution in [1.29, 1.82) is 0 Å².